The van der Waals surface area contributed by atoms with Gasteiger partial charge in [0.05, 0.1) is 12.5 Å². The Balaban J connectivity index is 1.96. The lowest BCUT2D eigenvalue weighted by molar-refractivity contribution is -0.201. The van der Waals surface area contributed by atoms with E-state index in [1.165, 1.54) is 0 Å². The van der Waals surface area contributed by atoms with Gasteiger partial charge in [-0.05, 0) is 11.6 Å². The molecule has 0 saturated carbocycles. The van der Waals surface area contributed by atoms with Crippen LogP contribution in [-0.4, -0.2) is 36.4 Å². The van der Waals surface area contributed by atoms with Crippen molar-refractivity contribution in [3.05, 3.63) is 29.8 Å². The van der Waals surface area contributed by atoms with Crippen LogP contribution in [0, 0.1) is 0 Å². The van der Waals surface area contributed by atoms with Crippen LogP contribution in [0.15, 0.2) is 24.3 Å². The molecule has 3 N–H and O–H groups in total. The SMILES string of the molecule is O=C(NCC(O)C(F)(F)F)C1CNc2ccccc21. The van der Waals surface area contributed by atoms with Gasteiger partial charge >= 0.3 is 6.18 Å². The molecule has 2 unspecified atom stereocenters. The van der Waals surface area contributed by atoms with E-state index in [0.717, 1.165) is 11.3 Å². The predicted molar refractivity (Wildman–Crippen MR) is 62.7 cm³/mol. The van der Waals surface area contributed by atoms with Crippen LogP contribution in [0.5, 0.6) is 0 Å². The van der Waals surface area contributed by atoms with Gasteiger partial charge in [-0.25, -0.2) is 0 Å². The standard InChI is InChI=1S/C12H13F3N2O2/c13-12(14,15)10(18)6-17-11(19)8-5-16-9-4-2-1-3-7(8)9/h1-4,8,10,16,18H,5-6H2,(H,17,19). The Morgan fingerprint density at radius 3 is 2.84 bits per heavy atom. The van der Waals surface area contributed by atoms with Crippen molar-refractivity contribution in [3.8, 4) is 0 Å². The molecule has 7 heteroatoms. The van der Waals surface area contributed by atoms with Gasteiger partial charge in [0, 0.05) is 12.2 Å². The van der Waals surface area contributed by atoms with Crippen LogP contribution < -0.4 is 10.6 Å². The Morgan fingerprint density at radius 2 is 2.16 bits per heavy atom. The van der Waals surface area contributed by atoms with E-state index in [1.54, 1.807) is 24.3 Å². The summed E-state index contributed by atoms with van der Waals surface area (Å²) in [4.78, 5) is 11.8. The lowest BCUT2D eigenvalue weighted by Crippen LogP contribution is -2.42. The summed E-state index contributed by atoms with van der Waals surface area (Å²) in [6.45, 7) is -0.492. The second kappa shape index (κ2) is 5.08. The van der Waals surface area contributed by atoms with E-state index in [2.05, 4.69) is 10.6 Å². The number of carbonyl (C=O) groups excluding carboxylic acids is 1. The third-order valence-corrected chi connectivity index (χ3v) is 3.00. The molecule has 0 bridgehead atoms. The molecular formula is C12H13F3N2O2. The lowest BCUT2D eigenvalue weighted by atomic mass is 10.0. The number of para-hydroxylation sites is 1. The smallest absolute Gasteiger partial charge is 0.384 e. The number of rotatable bonds is 3. The van der Waals surface area contributed by atoms with E-state index in [0.29, 0.717) is 6.54 Å². The third-order valence-electron chi connectivity index (χ3n) is 3.00. The van der Waals surface area contributed by atoms with Crippen LogP contribution >= 0.6 is 0 Å². The van der Waals surface area contributed by atoms with Crippen LogP contribution in [0.3, 0.4) is 0 Å². The Hall–Kier alpha value is -1.76. The van der Waals surface area contributed by atoms with Crippen LogP contribution in [0.4, 0.5) is 18.9 Å². The number of aliphatic hydroxyl groups is 1. The highest BCUT2D eigenvalue weighted by Gasteiger charge is 2.39. The molecule has 0 aromatic heterocycles. The molecule has 2 rings (SSSR count). The Bertz CT molecular complexity index is 476. The van der Waals surface area contributed by atoms with Gasteiger partial charge in [-0.3, -0.25) is 4.79 Å². The van der Waals surface area contributed by atoms with E-state index in [4.69, 9.17) is 5.11 Å². The number of anilines is 1. The van der Waals surface area contributed by atoms with Crippen molar-refractivity contribution in [1.29, 1.82) is 0 Å². The molecule has 1 aromatic rings. The summed E-state index contributed by atoms with van der Waals surface area (Å²) in [5.41, 5.74) is 1.56. The minimum atomic E-state index is -4.72. The summed E-state index contributed by atoms with van der Waals surface area (Å²) in [5.74, 6) is -1.06. The molecule has 1 aliphatic heterocycles. The van der Waals surface area contributed by atoms with E-state index in [9.17, 15) is 18.0 Å². The molecule has 0 aliphatic carbocycles. The van der Waals surface area contributed by atoms with Crippen LogP contribution in [0.25, 0.3) is 0 Å². The van der Waals surface area contributed by atoms with E-state index < -0.39 is 30.7 Å². The summed E-state index contributed by atoms with van der Waals surface area (Å²) >= 11 is 0. The number of aliphatic hydroxyl groups excluding tert-OH is 1. The van der Waals surface area contributed by atoms with Crippen molar-refractivity contribution in [1.82, 2.24) is 5.32 Å². The molecule has 1 amide bonds. The Morgan fingerprint density at radius 1 is 1.47 bits per heavy atom. The molecule has 4 nitrogen and oxygen atoms in total. The molecule has 0 fully saturated rings. The second-order valence-corrected chi connectivity index (χ2v) is 4.32. The molecule has 0 radical (unpaired) electrons. The maximum atomic E-state index is 12.1. The number of hydrogen-bond donors (Lipinski definition) is 3. The fraction of sp³-hybridized carbons (Fsp3) is 0.417. The van der Waals surface area contributed by atoms with Crippen molar-refractivity contribution in [2.75, 3.05) is 18.4 Å². The van der Waals surface area contributed by atoms with E-state index in [-0.39, 0.29) is 0 Å². The van der Waals surface area contributed by atoms with Gasteiger partial charge in [0.2, 0.25) is 5.91 Å². The number of amides is 1. The molecule has 1 heterocycles. The zero-order valence-corrected chi connectivity index (χ0v) is 9.87. The number of carbonyl (C=O) groups is 1. The first-order chi connectivity index (χ1) is 8.89. The highest BCUT2D eigenvalue weighted by molar-refractivity contribution is 5.88. The monoisotopic (exact) mass is 274 g/mol. The van der Waals surface area contributed by atoms with Crippen molar-refractivity contribution < 1.29 is 23.1 Å². The first kappa shape index (κ1) is 13.7. The normalized spacial score (nSPS) is 19.5. The molecule has 1 aromatic carbocycles. The van der Waals surface area contributed by atoms with Crippen LogP contribution in [0.1, 0.15) is 11.5 Å². The fourth-order valence-corrected chi connectivity index (χ4v) is 1.95. The number of fused-ring (bicyclic) bond motifs is 1. The minimum absolute atomic E-state index is 0.341. The van der Waals surface area contributed by atoms with Crippen molar-refractivity contribution >= 4 is 11.6 Å². The largest absolute Gasteiger partial charge is 0.416 e. The summed E-state index contributed by atoms with van der Waals surface area (Å²) in [6, 6.07) is 7.11. The summed E-state index contributed by atoms with van der Waals surface area (Å²) in [6.07, 6.45) is -7.26. The predicted octanol–water partition coefficient (Wildman–Crippen LogP) is 1.24. The highest BCUT2D eigenvalue weighted by Crippen LogP contribution is 2.31. The highest BCUT2D eigenvalue weighted by atomic mass is 19.4. The first-order valence-electron chi connectivity index (χ1n) is 5.75. The third kappa shape index (κ3) is 2.98. The maximum absolute atomic E-state index is 12.1. The summed E-state index contributed by atoms with van der Waals surface area (Å²) in [7, 11) is 0. The Labute approximate surface area is 107 Å². The number of benzene rings is 1. The van der Waals surface area contributed by atoms with E-state index in [1.807, 2.05) is 0 Å². The average molecular weight is 274 g/mol. The number of hydrogen-bond acceptors (Lipinski definition) is 3. The minimum Gasteiger partial charge on any atom is -0.384 e. The quantitative estimate of drug-likeness (QED) is 0.777. The molecule has 1 aliphatic rings. The molecular weight excluding hydrogens is 261 g/mol. The number of nitrogens with one attached hydrogen (secondary N) is 2. The van der Waals surface area contributed by atoms with Crippen molar-refractivity contribution in [2.24, 2.45) is 0 Å². The van der Waals surface area contributed by atoms with Crippen LogP contribution in [-0.2, 0) is 4.79 Å². The molecule has 0 spiro atoms. The van der Waals surface area contributed by atoms with Gasteiger partial charge in [0.25, 0.3) is 0 Å². The van der Waals surface area contributed by atoms with Crippen molar-refractivity contribution in [2.45, 2.75) is 18.2 Å². The van der Waals surface area contributed by atoms with Gasteiger partial charge in [0.15, 0.2) is 6.10 Å². The van der Waals surface area contributed by atoms with Gasteiger partial charge in [-0.15, -0.1) is 0 Å². The average Bonchev–Trinajstić information content (AvgIpc) is 2.78. The summed E-state index contributed by atoms with van der Waals surface area (Å²) < 4.78 is 36.3. The Kier molecular flexibility index (Phi) is 3.66. The zero-order valence-electron chi connectivity index (χ0n) is 9.87. The molecule has 104 valence electrons. The lowest BCUT2D eigenvalue weighted by Gasteiger charge is -2.17. The molecule has 2 atom stereocenters. The van der Waals surface area contributed by atoms with Gasteiger partial charge in [-0.1, -0.05) is 18.2 Å². The molecule has 19 heavy (non-hydrogen) atoms. The molecule has 0 saturated heterocycles. The number of halogens is 3. The van der Waals surface area contributed by atoms with E-state index >= 15 is 0 Å². The summed E-state index contributed by atoms with van der Waals surface area (Å²) in [5, 5.41) is 13.9. The zero-order chi connectivity index (χ0) is 14.0. The fourth-order valence-electron chi connectivity index (χ4n) is 1.95. The topological polar surface area (TPSA) is 61.4 Å². The number of alkyl halides is 3. The van der Waals surface area contributed by atoms with Crippen LogP contribution in [0.2, 0.25) is 0 Å². The first-order valence-corrected chi connectivity index (χ1v) is 5.75. The maximum Gasteiger partial charge on any atom is 0.416 e. The second-order valence-electron chi connectivity index (χ2n) is 4.32. The van der Waals surface area contributed by atoms with Gasteiger partial charge in [-0.2, -0.15) is 13.2 Å². The van der Waals surface area contributed by atoms with Gasteiger partial charge < -0.3 is 15.7 Å². The van der Waals surface area contributed by atoms with Gasteiger partial charge in [0.1, 0.15) is 0 Å². The van der Waals surface area contributed by atoms with Crippen molar-refractivity contribution in [3.63, 3.8) is 0 Å².